The highest BCUT2D eigenvalue weighted by atomic mass is 35.5. The van der Waals surface area contributed by atoms with E-state index in [1.165, 1.54) is 35.2 Å². The standard InChI is InChI=1S/C21H19ClF2N2O2/c22-17-2-1-3-18(24)19(17)21(28)26-10-8-25(9-11-26)20(27)16-12-15(16)13-4-6-14(23)7-5-13/h1-7,15-16H,8-12H2. The van der Waals surface area contributed by atoms with E-state index < -0.39 is 11.7 Å². The summed E-state index contributed by atoms with van der Waals surface area (Å²) in [6, 6.07) is 10.4. The van der Waals surface area contributed by atoms with Crippen LogP contribution in [0.3, 0.4) is 0 Å². The third-order valence-corrected chi connectivity index (χ3v) is 5.78. The van der Waals surface area contributed by atoms with Gasteiger partial charge in [-0.05, 0) is 42.2 Å². The van der Waals surface area contributed by atoms with Gasteiger partial charge >= 0.3 is 0 Å². The Morgan fingerprint density at radius 3 is 2.21 bits per heavy atom. The first-order chi connectivity index (χ1) is 13.5. The van der Waals surface area contributed by atoms with Gasteiger partial charge in [0.1, 0.15) is 11.6 Å². The number of hydrogen-bond donors (Lipinski definition) is 0. The second-order valence-corrected chi connectivity index (χ2v) is 7.62. The number of hydrogen-bond acceptors (Lipinski definition) is 2. The Kier molecular flexibility index (Phi) is 5.06. The van der Waals surface area contributed by atoms with E-state index in [1.54, 1.807) is 17.0 Å². The maximum Gasteiger partial charge on any atom is 0.258 e. The van der Waals surface area contributed by atoms with E-state index in [1.807, 2.05) is 0 Å². The number of nitrogens with zero attached hydrogens (tertiary/aromatic N) is 2. The molecule has 4 nitrogen and oxygen atoms in total. The van der Waals surface area contributed by atoms with Crippen LogP contribution in [0, 0.1) is 17.6 Å². The lowest BCUT2D eigenvalue weighted by atomic mass is 10.1. The smallest absolute Gasteiger partial charge is 0.258 e. The van der Waals surface area contributed by atoms with Crippen LogP contribution in [0.25, 0.3) is 0 Å². The van der Waals surface area contributed by atoms with Crippen molar-refractivity contribution < 1.29 is 18.4 Å². The van der Waals surface area contributed by atoms with Crippen molar-refractivity contribution in [3.8, 4) is 0 Å². The van der Waals surface area contributed by atoms with Gasteiger partial charge in [0.05, 0.1) is 10.6 Å². The lowest BCUT2D eigenvalue weighted by Crippen LogP contribution is -2.51. The molecule has 4 rings (SSSR count). The van der Waals surface area contributed by atoms with E-state index >= 15 is 0 Å². The van der Waals surface area contributed by atoms with Crippen molar-refractivity contribution in [2.75, 3.05) is 26.2 Å². The van der Waals surface area contributed by atoms with Crippen LogP contribution in [0.5, 0.6) is 0 Å². The van der Waals surface area contributed by atoms with E-state index in [2.05, 4.69) is 0 Å². The minimum atomic E-state index is -0.642. The lowest BCUT2D eigenvalue weighted by Gasteiger charge is -2.35. The van der Waals surface area contributed by atoms with Gasteiger partial charge < -0.3 is 9.80 Å². The molecule has 2 atom stereocenters. The third-order valence-electron chi connectivity index (χ3n) is 5.46. The molecule has 1 heterocycles. The maximum atomic E-state index is 14.0. The van der Waals surface area contributed by atoms with Crippen molar-refractivity contribution in [2.24, 2.45) is 5.92 Å². The molecule has 7 heteroatoms. The van der Waals surface area contributed by atoms with Gasteiger partial charge in [0, 0.05) is 32.1 Å². The molecule has 1 aliphatic carbocycles. The van der Waals surface area contributed by atoms with E-state index in [0.29, 0.717) is 26.2 Å². The summed E-state index contributed by atoms with van der Waals surface area (Å²) in [5.74, 6) is -1.28. The number of benzene rings is 2. The summed E-state index contributed by atoms with van der Waals surface area (Å²) >= 11 is 5.98. The third kappa shape index (κ3) is 3.61. The van der Waals surface area contributed by atoms with Crippen LogP contribution in [0.1, 0.15) is 28.3 Å². The van der Waals surface area contributed by atoms with Crippen molar-refractivity contribution >= 4 is 23.4 Å². The molecule has 2 aromatic rings. The van der Waals surface area contributed by atoms with Gasteiger partial charge in [-0.25, -0.2) is 8.78 Å². The molecule has 0 bridgehead atoms. The molecule has 2 aliphatic rings. The molecule has 1 saturated carbocycles. The Morgan fingerprint density at radius 2 is 1.57 bits per heavy atom. The van der Waals surface area contributed by atoms with Gasteiger partial charge in [-0.1, -0.05) is 29.8 Å². The fourth-order valence-electron chi connectivity index (χ4n) is 3.77. The van der Waals surface area contributed by atoms with Crippen LogP contribution >= 0.6 is 11.6 Å². The number of carbonyl (C=O) groups excluding carboxylic acids is 2. The molecular formula is C21H19ClF2N2O2. The lowest BCUT2D eigenvalue weighted by molar-refractivity contribution is -0.134. The molecule has 146 valence electrons. The quantitative estimate of drug-likeness (QED) is 0.782. The van der Waals surface area contributed by atoms with Crippen LogP contribution in [0.15, 0.2) is 42.5 Å². The SMILES string of the molecule is O=C(c1c(F)cccc1Cl)N1CCN(C(=O)C2CC2c2ccc(F)cc2)CC1. The summed E-state index contributed by atoms with van der Waals surface area (Å²) in [7, 11) is 0. The van der Waals surface area contributed by atoms with Crippen molar-refractivity contribution in [3.05, 3.63) is 70.2 Å². The van der Waals surface area contributed by atoms with Gasteiger partial charge in [0.15, 0.2) is 0 Å². The normalized spacial score (nSPS) is 21.5. The number of carbonyl (C=O) groups is 2. The molecule has 2 aromatic carbocycles. The Bertz CT molecular complexity index is 891. The minimum absolute atomic E-state index is 0.0605. The van der Waals surface area contributed by atoms with Gasteiger partial charge in [-0.2, -0.15) is 0 Å². The molecule has 28 heavy (non-hydrogen) atoms. The van der Waals surface area contributed by atoms with Crippen molar-refractivity contribution in [3.63, 3.8) is 0 Å². The van der Waals surface area contributed by atoms with Gasteiger partial charge in [0.2, 0.25) is 5.91 Å². The first kappa shape index (κ1) is 18.9. The summed E-state index contributed by atoms with van der Waals surface area (Å²) < 4.78 is 27.0. The minimum Gasteiger partial charge on any atom is -0.339 e. The molecule has 2 unspecified atom stereocenters. The van der Waals surface area contributed by atoms with Crippen molar-refractivity contribution in [2.45, 2.75) is 12.3 Å². The van der Waals surface area contributed by atoms with Crippen LogP contribution < -0.4 is 0 Å². The molecule has 0 aromatic heterocycles. The molecule has 1 aliphatic heterocycles. The maximum absolute atomic E-state index is 14.0. The number of piperazine rings is 1. The Hall–Kier alpha value is -2.47. The number of amides is 2. The molecule has 0 spiro atoms. The zero-order chi connectivity index (χ0) is 19.8. The molecular weight excluding hydrogens is 386 g/mol. The second kappa shape index (κ2) is 7.51. The average Bonchev–Trinajstić information content (AvgIpc) is 3.49. The Labute approximate surface area is 166 Å². The van der Waals surface area contributed by atoms with Crippen LogP contribution in [0.2, 0.25) is 5.02 Å². The zero-order valence-corrected chi connectivity index (χ0v) is 15.8. The average molecular weight is 405 g/mol. The molecule has 0 N–H and O–H groups in total. The predicted molar refractivity (Wildman–Crippen MR) is 101 cm³/mol. The first-order valence-corrected chi connectivity index (χ1v) is 9.61. The largest absolute Gasteiger partial charge is 0.339 e. The highest BCUT2D eigenvalue weighted by Crippen LogP contribution is 2.48. The zero-order valence-electron chi connectivity index (χ0n) is 15.1. The molecule has 0 radical (unpaired) electrons. The fourth-order valence-corrected chi connectivity index (χ4v) is 4.01. The van der Waals surface area contributed by atoms with E-state index in [-0.39, 0.29) is 34.1 Å². The molecule has 1 saturated heterocycles. The van der Waals surface area contributed by atoms with Crippen molar-refractivity contribution in [1.29, 1.82) is 0 Å². The monoisotopic (exact) mass is 404 g/mol. The summed E-state index contributed by atoms with van der Waals surface area (Å²) in [5, 5.41) is 0.0867. The summed E-state index contributed by atoms with van der Waals surface area (Å²) in [5.41, 5.74) is 0.852. The molecule has 2 amide bonds. The number of halogens is 3. The van der Waals surface area contributed by atoms with Gasteiger partial charge in [-0.15, -0.1) is 0 Å². The van der Waals surface area contributed by atoms with E-state index in [9.17, 15) is 18.4 Å². The van der Waals surface area contributed by atoms with Crippen molar-refractivity contribution in [1.82, 2.24) is 9.80 Å². The van der Waals surface area contributed by atoms with Crippen LogP contribution in [0.4, 0.5) is 8.78 Å². The second-order valence-electron chi connectivity index (χ2n) is 7.21. The summed E-state index contributed by atoms with van der Waals surface area (Å²) in [6.45, 7) is 1.49. The van der Waals surface area contributed by atoms with E-state index in [0.717, 1.165) is 12.0 Å². The van der Waals surface area contributed by atoms with Gasteiger partial charge in [0.25, 0.3) is 5.91 Å². The summed E-state index contributed by atoms with van der Waals surface area (Å²) in [4.78, 5) is 28.6. The Morgan fingerprint density at radius 1 is 0.929 bits per heavy atom. The highest BCUT2D eigenvalue weighted by Gasteiger charge is 2.46. The van der Waals surface area contributed by atoms with E-state index in [4.69, 9.17) is 11.6 Å². The highest BCUT2D eigenvalue weighted by molar-refractivity contribution is 6.33. The predicted octanol–water partition coefficient (Wildman–Crippen LogP) is 3.71. The fraction of sp³-hybridized carbons (Fsp3) is 0.333. The number of rotatable bonds is 3. The van der Waals surface area contributed by atoms with Gasteiger partial charge in [-0.3, -0.25) is 9.59 Å². The first-order valence-electron chi connectivity index (χ1n) is 9.23. The summed E-state index contributed by atoms with van der Waals surface area (Å²) in [6.07, 6.45) is 0.758. The van der Waals surface area contributed by atoms with Crippen LogP contribution in [-0.2, 0) is 4.79 Å². The van der Waals surface area contributed by atoms with Crippen LogP contribution in [-0.4, -0.2) is 47.8 Å². The topological polar surface area (TPSA) is 40.6 Å². The molecule has 2 fully saturated rings. The Balaban J connectivity index is 1.35.